The minimum atomic E-state index is 0.105. The van der Waals surface area contributed by atoms with Gasteiger partial charge in [0.05, 0.1) is 17.1 Å². The third-order valence-corrected chi connectivity index (χ3v) is 6.36. The molecule has 27 heavy (non-hydrogen) atoms. The molecule has 0 saturated carbocycles. The van der Waals surface area contributed by atoms with E-state index in [0.29, 0.717) is 6.42 Å². The quantitative estimate of drug-likeness (QED) is 0.773. The lowest BCUT2D eigenvalue weighted by Crippen LogP contribution is -2.46. The Kier molecular flexibility index (Phi) is 7.02. The maximum Gasteiger partial charge on any atom is 0.225 e. The number of nitrogens with one attached hydrogen (secondary N) is 1. The van der Waals surface area contributed by atoms with Crippen LogP contribution in [0.4, 0.5) is 0 Å². The molecule has 1 atom stereocenters. The molecule has 2 heterocycles. The number of nitrogens with zero attached hydrogens (tertiary/aromatic N) is 2. The zero-order valence-electron chi connectivity index (χ0n) is 16.7. The molecule has 0 spiro atoms. The number of aryl methyl sites for hydroxylation is 1. The van der Waals surface area contributed by atoms with Crippen LogP contribution in [0.15, 0.2) is 30.3 Å². The molecule has 1 aromatic heterocycles. The van der Waals surface area contributed by atoms with E-state index in [0.717, 1.165) is 53.1 Å². The highest BCUT2D eigenvalue weighted by Crippen LogP contribution is 2.28. The van der Waals surface area contributed by atoms with Gasteiger partial charge in [0, 0.05) is 23.0 Å². The second-order valence-electron chi connectivity index (χ2n) is 7.70. The monoisotopic (exact) mass is 385 g/mol. The molecule has 5 heteroatoms. The standard InChI is InChI=1S/C22H31N3OS/c1-4-19(15-25-12-10-16(2)11-13-25)24-21(26)14-20-22(23-17(3)27-20)18-8-6-5-7-9-18/h5-9,16,19H,4,10-15H2,1-3H3,(H,24,26). The molecule has 1 fully saturated rings. The van der Waals surface area contributed by atoms with Gasteiger partial charge in [-0.2, -0.15) is 0 Å². The van der Waals surface area contributed by atoms with Gasteiger partial charge in [-0.05, 0) is 45.2 Å². The molecule has 3 rings (SSSR count). The van der Waals surface area contributed by atoms with Crippen molar-refractivity contribution in [1.82, 2.24) is 15.2 Å². The summed E-state index contributed by atoms with van der Waals surface area (Å²) in [5, 5.41) is 4.27. The SMILES string of the molecule is CCC(CN1CCC(C)CC1)NC(=O)Cc1sc(C)nc1-c1ccccc1. The van der Waals surface area contributed by atoms with Crippen LogP contribution in [0.2, 0.25) is 0 Å². The maximum absolute atomic E-state index is 12.7. The number of rotatable bonds is 7. The highest BCUT2D eigenvalue weighted by molar-refractivity contribution is 7.12. The third-order valence-electron chi connectivity index (χ3n) is 5.39. The Labute approximate surface area is 167 Å². The van der Waals surface area contributed by atoms with E-state index in [-0.39, 0.29) is 11.9 Å². The van der Waals surface area contributed by atoms with Gasteiger partial charge in [-0.15, -0.1) is 11.3 Å². The maximum atomic E-state index is 12.7. The minimum absolute atomic E-state index is 0.105. The van der Waals surface area contributed by atoms with Gasteiger partial charge in [0.2, 0.25) is 5.91 Å². The van der Waals surface area contributed by atoms with Crippen molar-refractivity contribution in [2.24, 2.45) is 5.92 Å². The van der Waals surface area contributed by atoms with Crippen LogP contribution in [0.25, 0.3) is 11.3 Å². The van der Waals surface area contributed by atoms with Gasteiger partial charge in [0.1, 0.15) is 0 Å². The summed E-state index contributed by atoms with van der Waals surface area (Å²) >= 11 is 1.63. The largest absolute Gasteiger partial charge is 0.352 e. The molecule has 1 saturated heterocycles. The zero-order chi connectivity index (χ0) is 19.2. The fourth-order valence-corrected chi connectivity index (χ4v) is 4.63. The van der Waals surface area contributed by atoms with Gasteiger partial charge in [-0.25, -0.2) is 4.98 Å². The molecule has 1 unspecified atom stereocenters. The smallest absolute Gasteiger partial charge is 0.225 e. The lowest BCUT2D eigenvalue weighted by atomic mass is 9.98. The van der Waals surface area contributed by atoms with Gasteiger partial charge in [-0.1, -0.05) is 44.2 Å². The second kappa shape index (κ2) is 9.47. The van der Waals surface area contributed by atoms with Gasteiger partial charge in [0.15, 0.2) is 0 Å². The number of benzene rings is 1. The van der Waals surface area contributed by atoms with E-state index < -0.39 is 0 Å². The topological polar surface area (TPSA) is 45.2 Å². The van der Waals surface area contributed by atoms with Crippen LogP contribution in [-0.2, 0) is 11.2 Å². The summed E-state index contributed by atoms with van der Waals surface area (Å²) in [5.41, 5.74) is 2.03. The molecule has 2 aromatic rings. The molecular weight excluding hydrogens is 354 g/mol. The number of carbonyl (C=O) groups is 1. The normalized spacial score (nSPS) is 17.0. The first-order valence-electron chi connectivity index (χ1n) is 10.1. The Morgan fingerprint density at radius 3 is 2.67 bits per heavy atom. The Balaban J connectivity index is 1.60. The first-order valence-corrected chi connectivity index (χ1v) is 10.9. The predicted octanol–water partition coefficient (Wildman–Crippen LogP) is 4.29. The summed E-state index contributed by atoms with van der Waals surface area (Å²) in [6.07, 6.45) is 3.91. The molecular formula is C22H31N3OS. The van der Waals surface area contributed by atoms with Crippen molar-refractivity contribution >= 4 is 17.2 Å². The molecule has 0 bridgehead atoms. The van der Waals surface area contributed by atoms with Crippen LogP contribution in [0, 0.1) is 12.8 Å². The van der Waals surface area contributed by atoms with Crippen molar-refractivity contribution in [3.05, 3.63) is 40.2 Å². The molecule has 1 amide bonds. The van der Waals surface area contributed by atoms with Crippen molar-refractivity contribution in [2.45, 2.75) is 52.5 Å². The van der Waals surface area contributed by atoms with Gasteiger partial charge in [-0.3, -0.25) is 4.79 Å². The highest BCUT2D eigenvalue weighted by Gasteiger charge is 2.21. The highest BCUT2D eigenvalue weighted by atomic mass is 32.1. The molecule has 146 valence electrons. The van der Waals surface area contributed by atoms with E-state index in [2.05, 4.69) is 41.2 Å². The molecule has 1 N–H and O–H groups in total. The molecule has 1 aliphatic heterocycles. The van der Waals surface area contributed by atoms with Crippen LogP contribution in [-0.4, -0.2) is 41.5 Å². The van der Waals surface area contributed by atoms with Crippen molar-refractivity contribution in [3.8, 4) is 11.3 Å². The molecule has 1 aliphatic rings. The van der Waals surface area contributed by atoms with Gasteiger partial charge < -0.3 is 10.2 Å². The Bertz CT molecular complexity index is 735. The molecule has 0 aliphatic carbocycles. The number of piperidine rings is 1. The molecule has 0 radical (unpaired) electrons. The van der Waals surface area contributed by atoms with E-state index in [1.807, 2.05) is 25.1 Å². The summed E-state index contributed by atoms with van der Waals surface area (Å²) in [4.78, 5) is 20.9. The van der Waals surface area contributed by atoms with E-state index in [4.69, 9.17) is 0 Å². The summed E-state index contributed by atoms with van der Waals surface area (Å²) in [6, 6.07) is 10.4. The lowest BCUT2D eigenvalue weighted by molar-refractivity contribution is -0.121. The van der Waals surface area contributed by atoms with E-state index >= 15 is 0 Å². The number of hydrogen-bond acceptors (Lipinski definition) is 4. The Morgan fingerprint density at radius 2 is 2.00 bits per heavy atom. The predicted molar refractivity (Wildman–Crippen MR) is 113 cm³/mol. The van der Waals surface area contributed by atoms with Crippen molar-refractivity contribution < 1.29 is 4.79 Å². The van der Waals surface area contributed by atoms with Crippen LogP contribution >= 0.6 is 11.3 Å². The average molecular weight is 386 g/mol. The van der Waals surface area contributed by atoms with E-state index in [1.165, 1.54) is 12.8 Å². The number of aromatic nitrogens is 1. The first-order chi connectivity index (χ1) is 13.0. The molecule has 4 nitrogen and oxygen atoms in total. The van der Waals surface area contributed by atoms with Gasteiger partial charge >= 0.3 is 0 Å². The van der Waals surface area contributed by atoms with Crippen LogP contribution in [0.3, 0.4) is 0 Å². The number of likely N-dealkylation sites (tertiary alicyclic amines) is 1. The number of amides is 1. The van der Waals surface area contributed by atoms with Gasteiger partial charge in [0.25, 0.3) is 0 Å². The summed E-state index contributed by atoms with van der Waals surface area (Å²) in [6.45, 7) is 9.76. The van der Waals surface area contributed by atoms with Crippen molar-refractivity contribution in [3.63, 3.8) is 0 Å². The Hall–Kier alpha value is -1.72. The fraction of sp³-hybridized carbons (Fsp3) is 0.545. The number of thiazole rings is 1. The van der Waals surface area contributed by atoms with Crippen LogP contribution in [0.5, 0.6) is 0 Å². The summed E-state index contributed by atoms with van der Waals surface area (Å²) in [7, 11) is 0. The summed E-state index contributed by atoms with van der Waals surface area (Å²) < 4.78 is 0. The van der Waals surface area contributed by atoms with Crippen molar-refractivity contribution in [1.29, 1.82) is 0 Å². The third kappa shape index (κ3) is 5.63. The summed E-state index contributed by atoms with van der Waals surface area (Å²) in [5.74, 6) is 0.940. The Morgan fingerprint density at radius 1 is 1.30 bits per heavy atom. The number of hydrogen-bond donors (Lipinski definition) is 1. The minimum Gasteiger partial charge on any atom is -0.352 e. The fourth-order valence-electron chi connectivity index (χ4n) is 3.67. The number of carbonyl (C=O) groups excluding carboxylic acids is 1. The lowest BCUT2D eigenvalue weighted by Gasteiger charge is -2.33. The van der Waals surface area contributed by atoms with Crippen LogP contribution < -0.4 is 5.32 Å². The van der Waals surface area contributed by atoms with Crippen molar-refractivity contribution in [2.75, 3.05) is 19.6 Å². The van der Waals surface area contributed by atoms with E-state index in [9.17, 15) is 4.79 Å². The molecule has 1 aromatic carbocycles. The van der Waals surface area contributed by atoms with E-state index in [1.54, 1.807) is 11.3 Å². The average Bonchev–Trinajstić information content (AvgIpc) is 3.03. The van der Waals surface area contributed by atoms with Crippen LogP contribution in [0.1, 0.15) is 43.0 Å². The first kappa shape index (κ1) is 20.0. The zero-order valence-corrected chi connectivity index (χ0v) is 17.5. The second-order valence-corrected chi connectivity index (χ2v) is 8.99.